The van der Waals surface area contributed by atoms with Gasteiger partial charge in [-0.05, 0) is 5.56 Å². The average molecular weight is 214 g/mol. The fourth-order valence-corrected chi connectivity index (χ4v) is 1.25. The molecule has 0 aliphatic carbocycles. The van der Waals surface area contributed by atoms with E-state index >= 15 is 0 Å². The van der Waals surface area contributed by atoms with Gasteiger partial charge in [-0.3, -0.25) is 0 Å². The number of alkyl halides is 1. The lowest BCUT2D eigenvalue weighted by atomic mass is 10.1. The summed E-state index contributed by atoms with van der Waals surface area (Å²) in [5.74, 6) is 0. The van der Waals surface area contributed by atoms with Crippen LogP contribution in [-0.2, 0) is 0 Å². The minimum atomic E-state index is 0.0937. The number of hydrogen-bond donors (Lipinski definition) is 1. The van der Waals surface area contributed by atoms with Crippen LogP contribution in [0.15, 0.2) is 30.3 Å². The Morgan fingerprint density at radius 3 is 2.27 bits per heavy atom. The third-order valence-corrected chi connectivity index (χ3v) is 2.25. The van der Waals surface area contributed by atoms with Crippen molar-refractivity contribution in [2.24, 2.45) is 5.73 Å². The van der Waals surface area contributed by atoms with Gasteiger partial charge < -0.3 is 5.73 Å². The Morgan fingerprint density at radius 1 is 1.27 bits per heavy atom. The van der Waals surface area contributed by atoms with Crippen LogP contribution in [0.25, 0.3) is 0 Å². The Balaban J connectivity index is 2.77. The van der Waals surface area contributed by atoms with Crippen molar-refractivity contribution in [3.8, 4) is 0 Å². The number of hydrogen-bond acceptors (Lipinski definition) is 1. The van der Waals surface area contributed by atoms with Crippen molar-refractivity contribution >= 4 is 15.9 Å². The van der Waals surface area contributed by atoms with Gasteiger partial charge in [-0.2, -0.15) is 0 Å². The first-order chi connectivity index (χ1) is 5.22. The van der Waals surface area contributed by atoms with Gasteiger partial charge in [0.25, 0.3) is 0 Å². The molecule has 2 unspecified atom stereocenters. The number of benzene rings is 1. The molecule has 2 N–H and O–H groups in total. The molecule has 0 aliphatic rings. The Labute approximate surface area is 75.7 Å². The van der Waals surface area contributed by atoms with Crippen molar-refractivity contribution in [1.29, 1.82) is 0 Å². The van der Waals surface area contributed by atoms with Crippen LogP contribution in [0.3, 0.4) is 0 Å². The molecule has 11 heavy (non-hydrogen) atoms. The molecule has 1 rings (SSSR count). The van der Waals surface area contributed by atoms with E-state index in [1.807, 2.05) is 30.3 Å². The van der Waals surface area contributed by atoms with E-state index in [1.54, 1.807) is 0 Å². The summed E-state index contributed by atoms with van der Waals surface area (Å²) in [5, 5.41) is 0. The van der Waals surface area contributed by atoms with E-state index in [1.165, 1.54) is 5.56 Å². The topological polar surface area (TPSA) is 26.0 Å². The third-order valence-electron chi connectivity index (χ3n) is 1.68. The van der Waals surface area contributed by atoms with Crippen molar-refractivity contribution in [1.82, 2.24) is 0 Å². The summed E-state index contributed by atoms with van der Waals surface area (Å²) in [6.07, 6.45) is 0. The highest BCUT2D eigenvalue weighted by molar-refractivity contribution is 9.09. The standard InChI is InChI=1S/C9H12BrN/c1-7(10)9(11)8-5-3-2-4-6-8/h2-7,9H,11H2,1H3. The highest BCUT2D eigenvalue weighted by Crippen LogP contribution is 2.18. The summed E-state index contributed by atoms with van der Waals surface area (Å²) in [6.45, 7) is 2.05. The van der Waals surface area contributed by atoms with Gasteiger partial charge in [0.1, 0.15) is 0 Å². The van der Waals surface area contributed by atoms with Gasteiger partial charge in [0.2, 0.25) is 0 Å². The van der Waals surface area contributed by atoms with Crippen LogP contribution in [0.1, 0.15) is 18.5 Å². The Hall–Kier alpha value is -0.340. The molecule has 0 fully saturated rings. The van der Waals surface area contributed by atoms with Crippen LogP contribution < -0.4 is 5.73 Å². The zero-order valence-electron chi connectivity index (χ0n) is 6.50. The molecule has 1 aromatic rings. The fourth-order valence-electron chi connectivity index (χ4n) is 0.940. The minimum absolute atomic E-state index is 0.0937. The number of nitrogens with two attached hydrogens (primary N) is 1. The molecule has 0 radical (unpaired) electrons. The van der Waals surface area contributed by atoms with Gasteiger partial charge in [0, 0.05) is 10.9 Å². The maximum atomic E-state index is 5.89. The van der Waals surface area contributed by atoms with Crippen LogP contribution in [0.2, 0.25) is 0 Å². The monoisotopic (exact) mass is 213 g/mol. The molecule has 0 heterocycles. The molecule has 0 saturated heterocycles. The summed E-state index contributed by atoms with van der Waals surface area (Å²) >= 11 is 3.45. The minimum Gasteiger partial charge on any atom is -0.323 e. The summed E-state index contributed by atoms with van der Waals surface area (Å²) < 4.78 is 0. The summed E-state index contributed by atoms with van der Waals surface area (Å²) in [7, 11) is 0. The van der Waals surface area contributed by atoms with Crippen LogP contribution in [0.4, 0.5) is 0 Å². The maximum Gasteiger partial charge on any atom is 0.0419 e. The maximum absolute atomic E-state index is 5.89. The quantitative estimate of drug-likeness (QED) is 0.752. The van der Waals surface area contributed by atoms with Crippen molar-refractivity contribution < 1.29 is 0 Å². The van der Waals surface area contributed by atoms with Crippen molar-refractivity contribution in [3.63, 3.8) is 0 Å². The summed E-state index contributed by atoms with van der Waals surface area (Å²) in [6, 6.07) is 10.2. The van der Waals surface area contributed by atoms with Crippen molar-refractivity contribution in [2.45, 2.75) is 17.8 Å². The average Bonchev–Trinajstić information content (AvgIpc) is 2.05. The van der Waals surface area contributed by atoms with E-state index in [-0.39, 0.29) is 6.04 Å². The number of halogens is 1. The van der Waals surface area contributed by atoms with Gasteiger partial charge in [-0.25, -0.2) is 0 Å². The number of rotatable bonds is 2. The molecule has 0 amide bonds. The Morgan fingerprint density at radius 2 is 1.82 bits per heavy atom. The molecular weight excluding hydrogens is 202 g/mol. The van der Waals surface area contributed by atoms with E-state index in [0.717, 1.165) is 0 Å². The van der Waals surface area contributed by atoms with E-state index in [4.69, 9.17) is 5.73 Å². The molecule has 0 aliphatic heterocycles. The largest absolute Gasteiger partial charge is 0.323 e. The first kappa shape index (κ1) is 8.75. The molecule has 2 heteroatoms. The molecule has 1 aromatic carbocycles. The smallest absolute Gasteiger partial charge is 0.0419 e. The normalized spacial score (nSPS) is 15.9. The summed E-state index contributed by atoms with van der Waals surface area (Å²) in [4.78, 5) is 0.324. The van der Waals surface area contributed by atoms with Gasteiger partial charge in [-0.1, -0.05) is 53.2 Å². The van der Waals surface area contributed by atoms with Crippen LogP contribution >= 0.6 is 15.9 Å². The van der Waals surface area contributed by atoms with Crippen molar-refractivity contribution in [2.75, 3.05) is 0 Å². The summed E-state index contributed by atoms with van der Waals surface area (Å²) in [5.41, 5.74) is 7.07. The molecule has 0 aromatic heterocycles. The zero-order chi connectivity index (χ0) is 8.27. The second-order valence-electron chi connectivity index (χ2n) is 2.61. The van der Waals surface area contributed by atoms with Gasteiger partial charge in [0.15, 0.2) is 0 Å². The molecule has 0 spiro atoms. The van der Waals surface area contributed by atoms with E-state index in [2.05, 4.69) is 22.9 Å². The molecular formula is C9H12BrN. The predicted molar refractivity (Wildman–Crippen MR) is 51.8 cm³/mol. The zero-order valence-corrected chi connectivity index (χ0v) is 8.08. The second-order valence-corrected chi connectivity index (χ2v) is 4.06. The Bertz CT molecular complexity index is 208. The lowest BCUT2D eigenvalue weighted by Crippen LogP contribution is -2.18. The highest BCUT2D eigenvalue weighted by Gasteiger charge is 2.09. The van der Waals surface area contributed by atoms with Crippen LogP contribution in [-0.4, -0.2) is 4.83 Å². The van der Waals surface area contributed by atoms with E-state index in [0.29, 0.717) is 4.83 Å². The molecule has 60 valence electrons. The predicted octanol–water partition coefficient (Wildman–Crippen LogP) is 2.47. The second kappa shape index (κ2) is 3.88. The van der Waals surface area contributed by atoms with Gasteiger partial charge in [-0.15, -0.1) is 0 Å². The lowest BCUT2D eigenvalue weighted by molar-refractivity contribution is 0.725. The SMILES string of the molecule is CC(Br)C(N)c1ccccc1. The first-order valence-corrected chi connectivity index (χ1v) is 4.58. The van der Waals surface area contributed by atoms with Gasteiger partial charge >= 0.3 is 0 Å². The lowest BCUT2D eigenvalue weighted by Gasteiger charge is -2.13. The molecule has 2 atom stereocenters. The van der Waals surface area contributed by atoms with E-state index < -0.39 is 0 Å². The first-order valence-electron chi connectivity index (χ1n) is 3.66. The molecule has 0 bridgehead atoms. The van der Waals surface area contributed by atoms with E-state index in [9.17, 15) is 0 Å². The Kier molecular flexibility index (Phi) is 3.09. The molecule has 0 saturated carbocycles. The van der Waals surface area contributed by atoms with Gasteiger partial charge in [0.05, 0.1) is 0 Å². The van der Waals surface area contributed by atoms with Crippen LogP contribution in [0, 0.1) is 0 Å². The molecule has 1 nitrogen and oxygen atoms in total. The fraction of sp³-hybridized carbons (Fsp3) is 0.333. The van der Waals surface area contributed by atoms with Crippen molar-refractivity contribution in [3.05, 3.63) is 35.9 Å². The third kappa shape index (κ3) is 2.31. The van der Waals surface area contributed by atoms with Crippen LogP contribution in [0.5, 0.6) is 0 Å². The highest BCUT2D eigenvalue weighted by atomic mass is 79.9.